The quantitative estimate of drug-likeness (QED) is 0.165. The van der Waals surface area contributed by atoms with E-state index in [9.17, 15) is 0 Å². The summed E-state index contributed by atoms with van der Waals surface area (Å²) in [5, 5.41) is 0.657. The van der Waals surface area contributed by atoms with Gasteiger partial charge in [0.2, 0.25) is 0 Å². The molecule has 0 aliphatic heterocycles. The topological polar surface area (TPSA) is 37.6 Å². The van der Waals surface area contributed by atoms with Crippen molar-refractivity contribution in [1.29, 1.82) is 0 Å². The number of aromatic nitrogens is 1. The summed E-state index contributed by atoms with van der Waals surface area (Å²) in [6.07, 6.45) is 13.5. The maximum Gasteiger partial charge on any atom is 3.00 e. The minimum atomic E-state index is 0. The predicted molar refractivity (Wildman–Crippen MR) is 180 cm³/mol. The van der Waals surface area contributed by atoms with Crippen LogP contribution in [0, 0.1) is 0 Å². The molecule has 249 valence electrons. The van der Waals surface area contributed by atoms with E-state index in [1.54, 1.807) is 0 Å². The van der Waals surface area contributed by atoms with Crippen molar-refractivity contribution in [2.75, 3.05) is 0 Å². The number of unbranched alkanes of at least 4 members (excludes halogenated alkanes) is 4. The Morgan fingerprint density at radius 1 is 0.578 bits per heavy atom. The Labute approximate surface area is 307 Å². The third-order valence-electron chi connectivity index (χ3n) is 7.70. The maximum atomic E-state index is 6.69. The summed E-state index contributed by atoms with van der Waals surface area (Å²) in [5.41, 5.74) is 10.9. The fraction of sp³-hybridized carbons (Fsp3) is 0.486. The Morgan fingerprint density at radius 3 is 1.13 bits per heavy atom. The first-order valence-electron chi connectivity index (χ1n) is 15.9. The average Bonchev–Trinajstić information content (AvgIpc) is 2.98. The summed E-state index contributed by atoms with van der Waals surface area (Å²) in [6, 6.07) is 17.2. The van der Waals surface area contributed by atoms with Gasteiger partial charge in [-0.3, -0.25) is 9.98 Å². The van der Waals surface area contributed by atoms with Gasteiger partial charge in [-0.2, -0.15) is 0 Å². The number of aliphatic imine (C=N–C) groups is 2. The Hall–Kier alpha value is -1.39. The van der Waals surface area contributed by atoms with Crippen LogP contribution in [-0.4, -0.2) is 16.4 Å². The van der Waals surface area contributed by atoms with Crippen LogP contribution in [0.2, 0.25) is 5.02 Å². The van der Waals surface area contributed by atoms with Gasteiger partial charge in [0.15, 0.2) is 0 Å². The molecule has 0 aliphatic carbocycles. The molecule has 1 heterocycles. The molecule has 0 saturated heterocycles. The largest absolute Gasteiger partial charge is 3.00 e. The standard InChI is InChI=1S/C37H50ClN3.3ClH.Fe/c1-7-11-17-29-21-15-22-30(18-12-8-2)36(29)39-27(5)34-25-33(38)26-35(41-34)28(6)40-37-31(19-13-9-3)23-16-24-32(37)20-14-10-4;;;;/h15-16,21-26H,7-14,17-20H2,1-6H3;3*1H;/q;;;;+3/p-3. The minimum absolute atomic E-state index is 0. The molecule has 45 heavy (non-hydrogen) atoms. The first-order chi connectivity index (χ1) is 19.9. The molecule has 3 aromatic rings. The third-order valence-corrected chi connectivity index (χ3v) is 7.91. The fourth-order valence-corrected chi connectivity index (χ4v) is 5.38. The maximum absolute atomic E-state index is 6.69. The predicted octanol–water partition coefficient (Wildman–Crippen LogP) is 2.40. The average molecular weight is 734 g/mol. The molecule has 0 spiro atoms. The van der Waals surface area contributed by atoms with Crippen LogP contribution in [0.3, 0.4) is 0 Å². The molecular formula is C37H50Cl4FeN3. The van der Waals surface area contributed by atoms with Crippen molar-refractivity contribution >= 4 is 34.4 Å². The third kappa shape index (κ3) is 14.1. The number of rotatable bonds is 16. The molecule has 0 N–H and O–H groups in total. The van der Waals surface area contributed by atoms with E-state index in [0.717, 1.165) is 85.6 Å². The normalized spacial score (nSPS) is 11.2. The molecule has 0 saturated carbocycles. The first-order valence-corrected chi connectivity index (χ1v) is 16.3. The molecule has 8 heteroatoms. The second-order valence-electron chi connectivity index (χ2n) is 11.2. The van der Waals surface area contributed by atoms with Gasteiger partial charge in [0, 0.05) is 5.02 Å². The van der Waals surface area contributed by atoms with Crippen molar-refractivity contribution in [2.24, 2.45) is 9.98 Å². The van der Waals surface area contributed by atoms with Crippen molar-refractivity contribution in [1.82, 2.24) is 4.98 Å². The molecule has 0 fully saturated rings. The molecule has 0 unspecified atom stereocenters. The minimum Gasteiger partial charge on any atom is -1.00 e. The van der Waals surface area contributed by atoms with Crippen molar-refractivity contribution in [3.05, 3.63) is 87.2 Å². The summed E-state index contributed by atoms with van der Waals surface area (Å²) in [5.74, 6) is 0. The van der Waals surface area contributed by atoms with Crippen molar-refractivity contribution in [2.45, 2.75) is 119 Å². The van der Waals surface area contributed by atoms with Crippen LogP contribution in [-0.2, 0) is 42.8 Å². The Bertz CT molecular complexity index is 1190. The Balaban J connectivity index is 0. The van der Waals surface area contributed by atoms with Gasteiger partial charge in [-0.05, 0) is 99.6 Å². The number of pyridine rings is 1. The van der Waals surface area contributed by atoms with Gasteiger partial charge in [0.25, 0.3) is 0 Å². The van der Waals surface area contributed by atoms with Crippen molar-refractivity contribution < 1.29 is 54.3 Å². The molecule has 0 aliphatic rings. The van der Waals surface area contributed by atoms with Gasteiger partial charge in [0.05, 0.1) is 34.2 Å². The molecule has 2 aromatic carbocycles. The summed E-state index contributed by atoms with van der Waals surface area (Å²) in [7, 11) is 0. The molecule has 0 amide bonds. The van der Waals surface area contributed by atoms with Crippen LogP contribution in [0.5, 0.6) is 0 Å². The van der Waals surface area contributed by atoms with Crippen LogP contribution in [0.15, 0.2) is 58.5 Å². The van der Waals surface area contributed by atoms with E-state index < -0.39 is 0 Å². The van der Waals surface area contributed by atoms with E-state index in [-0.39, 0.29) is 54.3 Å². The van der Waals surface area contributed by atoms with Crippen LogP contribution >= 0.6 is 11.6 Å². The molecule has 3 rings (SSSR count). The fourth-order valence-electron chi connectivity index (χ4n) is 5.17. The number of hydrogen-bond donors (Lipinski definition) is 0. The van der Waals surface area contributed by atoms with Crippen LogP contribution in [0.4, 0.5) is 11.4 Å². The van der Waals surface area contributed by atoms with Crippen molar-refractivity contribution in [3.8, 4) is 0 Å². The van der Waals surface area contributed by atoms with E-state index in [0.29, 0.717) is 5.02 Å². The van der Waals surface area contributed by atoms with Crippen molar-refractivity contribution in [3.63, 3.8) is 0 Å². The van der Waals surface area contributed by atoms with Gasteiger partial charge < -0.3 is 37.2 Å². The summed E-state index contributed by atoms with van der Waals surface area (Å²) < 4.78 is 0. The molecule has 3 nitrogen and oxygen atoms in total. The zero-order chi connectivity index (χ0) is 29.6. The first kappa shape index (κ1) is 45.7. The van der Waals surface area contributed by atoms with Gasteiger partial charge in [-0.25, -0.2) is 4.98 Å². The van der Waals surface area contributed by atoms with Gasteiger partial charge in [0.1, 0.15) is 0 Å². The number of aryl methyl sites for hydroxylation is 4. The van der Waals surface area contributed by atoms with Gasteiger partial charge in [-0.15, -0.1) is 0 Å². The van der Waals surface area contributed by atoms with E-state index in [1.165, 1.54) is 47.9 Å². The van der Waals surface area contributed by atoms with E-state index in [4.69, 9.17) is 26.6 Å². The number of para-hydroxylation sites is 2. The Morgan fingerprint density at radius 2 is 0.867 bits per heavy atom. The summed E-state index contributed by atoms with van der Waals surface area (Å²) in [4.78, 5) is 15.5. The SMILES string of the molecule is CCCCc1cccc(CCCC)c1N=C(C)c1cc(Cl)cc(C(C)=Nc2c(CCCC)cccc2CCCC)n1.[Cl-].[Cl-].[Cl-].[Fe+3]. The number of hydrogen-bond acceptors (Lipinski definition) is 3. The summed E-state index contributed by atoms with van der Waals surface area (Å²) in [6.45, 7) is 13.1. The number of benzene rings is 2. The molecule has 0 atom stereocenters. The monoisotopic (exact) mass is 732 g/mol. The molecule has 1 radical (unpaired) electrons. The zero-order valence-corrected chi connectivity index (χ0v) is 31.9. The van der Waals surface area contributed by atoms with E-state index >= 15 is 0 Å². The van der Waals surface area contributed by atoms with Gasteiger partial charge >= 0.3 is 17.1 Å². The molecular weight excluding hydrogens is 684 g/mol. The van der Waals surface area contributed by atoms with Gasteiger partial charge in [-0.1, -0.05) is 101 Å². The number of halogens is 4. The Kier molecular flexibility index (Phi) is 25.1. The smallest absolute Gasteiger partial charge is 1.00 e. The second kappa shape index (κ2) is 24.7. The van der Waals surface area contributed by atoms with E-state index in [2.05, 4.69) is 77.9 Å². The van der Waals surface area contributed by atoms with Crippen LogP contribution < -0.4 is 37.2 Å². The van der Waals surface area contributed by atoms with Crippen LogP contribution in [0.1, 0.15) is 127 Å². The zero-order valence-electron chi connectivity index (χ0n) is 27.8. The number of nitrogens with zero attached hydrogens (tertiary/aromatic N) is 3. The molecule has 1 aromatic heterocycles. The van der Waals surface area contributed by atoms with E-state index in [1.807, 2.05) is 12.1 Å². The summed E-state index contributed by atoms with van der Waals surface area (Å²) >= 11 is 6.69. The van der Waals surface area contributed by atoms with Crippen LogP contribution in [0.25, 0.3) is 0 Å². The molecule has 0 bridgehead atoms. The second-order valence-corrected chi connectivity index (χ2v) is 11.7.